The Bertz CT molecular complexity index is 1200. The molecule has 1 saturated carbocycles. The molecule has 3 fully saturated rings. The van der Waals surface area contributed by atoms with E-state index in [0.717, 1.165) is 52.7 Å². The van der Waals surface area contributed by atoms with Crippen LogP contribution in [0.2, 0.25) is 0 Å². The predicted octanol–water partition coefficient (Wildman–Crippen LogP) is 2.29. The minimum absolute atomic E-state index is 0.0349. The van der Waals surface area contributed by atoms with Gasteiger partial charge in [0, 0.05) is 42.1 Å². The van der Waals surface area contributed by atoms with Crippen LogP contribution in [0.1, 0.15) is 18.7 Å². The summed E-state index contributed by atoms with van der Waals surface area (Å²) < 4.78 is 9.00. The maximum Gasteiger partial charge on any atom is 0.234 e. The van der Waals surface area contributed by atoms with Crippen LogP contribution in [-0.4, -0.2) is 57.0 Å². The van der Waals surface area contributed by atoms with Gasteiger partial charge in [-0.25, -0.2) is 4.98 Å². The molecule has 0 radical (unpaired) electrons. The third kappa shape index (κ3) is 3.02. The number of nitrogens with one attached hydrogen (secondary N) is 1. The summed E-state index contributed by atoms with van der Waals surface area (Å²) in [6.07, 6.45) is 5.68. The fourth-order valence-electron chi connectivity index (χ4n) is 5.21. The summed E-state index contributed by atoms with van der Waals surface area (Å²) in [5.74, 6) is 0.500. The van der Waals surface area contributed by atoms with Gasteiger partial charge in [0.05, 0.1) is 47.9 Å². The molecule has 0 aromatic carbocycles. The maximum absolute atomic E-state index is 12.7. The summed E-state index contributed by atoms with van der Waals surface area (Å²) in [6.45, 7) is 7.47. The Morgan fingerprint density at radius 2 is 2.03 bits per heavy atom. The highest BCUT2D eigenvalue weighted by molar-refractivity contribution is 7.19. The smallest absolute Gasteiger partial charge is 0.234 e. The maximum atomic E-state index is 12.7. The Kier molecular flexibility index (Phi) is 4.50. The largest absolute Gasteiger partial charge is 0.374 e. The molecule has 3 aromatic rings. The number of imidazole rings is 1. The van der Waals surface area contributed by atoms with Gasteiger partial charge in [-0.3, -0.25) is 19.5 Å². The van der Waals surface area contributed by atoms with Crippen LogP contribution in [0.15, 0.2) is 30.7 Å². The second kappa shape index (κ2) is 7.19. The number of carbonyl (C=O) groups is 2. The van der Waals surface area contributed by atoms with Crippen molar-refractivity contribution in [2.24, 2.45) is 17.3 Å². The highest BCUT2D eigenvalue weighted by atomic mass is 32.1. The van der Waals surface area contributed by atoms with Crippen molar-refractivity contribution in [1.82, 2.24) is 24.8 Å². The van der Waals surface area contributed by atoms with E-state index in [1.807, 2.05) is 38.4 Å². The van der Waals surface area contributed by atoms with E-state index in [2.05, 4.69) is 19.9 Å². The third-order valence-electron chi connectivity index (χ3n) is 7.03. The molecule has 3 unspecified atom stereocenters. The van der Waals surface area contributed by atoms with Crippen LogP contribution in [0.25, 0.3) is 21.6 Å². The van der Waals surface area contributed by atoms with Crippen molar-refractivity contribution in [2.45, 2.75) is 33.0 Å². The molecule has 0 bridgehead atoms. The first-order valence-corrected chi connectivity index (χ1v) is 11.8. The number of morpholine rings is 1. The summed E-state index contributed by atoms with van der Waals surface area (Å²) in [6, 6.07) is 3.96. The van der Waals surface area contributed by atoms with Gasteiger partial charge in [-0.1, -0.05) is 13.8 Å². The lowest BCUT2D eigenvalue weighted by molar-refractivity contribution is -0.143. The summed E-state index contributed by atoms with van der Waals surface area (Å²) in [4.78, 5) is 37.0. The van der Waals surface area contributed by atoms with Gasteiger partial charge >= 0.3 is 0 Å². The lowest BCUT2D eigenvalue weighted by atomic mass is 10.1. The lowest BCUT2D eigenvalue weighted by Gasteiger charge is -2.24. The SMILES string of the molecule is CC1(C)C2C(=O)N(Cc3cc4nccc(-c5nccn5CC5CNCCO5)c4s3)C(=O)C21. The molecule has 6 rings (SSSR count). The number of ether oxygens (including phenoxy) is 1. The number of fused-ring (bicyclic) bond motifs is 2. The van der Waals surface area contributed by atoms with Crippen molar-refractivity contribution < 1.29 is 14.3 Å². The summed E-state index contributed by atoms with van der Waals surface area (Å²) in [7, 11) is 0. The first kappa shape index (κ1) is 20.0. The van der Waals surface area contributed by atoms with Gasteiger partial charge in [0.2, 0.25) is 11.8 Å². The molecule has 1 aliphatic carbocycles. The van der Waals surface area contributed by atoms with Crippen molar-refractivity contribution in [3.63, 3.8) is 0 Å². The van der Waals surface area contributed by atoms with Crippen molar-refractivity contribution in [1.29, 1.82) is 0 Å². The van der Waals surface area contributed by atoms with Crippen molar-refractivity contribution in [3.05, 3.63) is 35.6 Å². The molecule has 3 atom stereocenters. The Balaban J connectivity index is 1.28. The number of aromatic nitrogens is 3. The van der Waals surface area contributed by atoms with E-state index in [1.165, 1.54) is 4.90 Å². The number of piperidine rings is 1. The van der Waals surface area contributed by atoms with Gasteiger partial charge in [-0.05, 0) is 17.5 Å². The number of pyridine rings is 1. The summed E-state index contributed by atoms with van der Waals surface area (Å²) >= 11 is 1.58. The van der Waals surface area contributed by atoms with Gasteiger partial charge in [0.1, 0.15) is 5.82 Å². The summed E-state index contributed by atoms with van der Waals surface area (Å²) in [5.41, 5.74) is 1.68. The number of amides is 2. The normalized spacial score (nSPS) is 26.7. The van der Waals surface area contributed by atoms with E-state index in [4.69, 9.17) is 4.74 Å². The van der Waals surface area contributed by atoms with Crippen LogP contribution in [0.5, 0.6) is 0 Å². The molecule has 3 aliphatic rings. The van der Waals surface area contributed by atoms with E-state index >= 15 is 0 Å². The van der Waals surface area contributed by atoms with Crippen LogP contribution in [0.4, 0.5) is 0 Å². The highest BCUT2D eigenvalue weighted by Gasteiger charge is 2.72. The first-order chi connectivity index (χ1) is 15.4. The average molecular weight is 452 g/mol. The molecule has 2 aliphatic heterocycles. The second-order valence-electron chi connectivity index (χ2n) is 9.43. The van der Waals surface area contributed by atoms with E-state index < -0.39 is 0 Å². The molecule has 2 saturated heterocycles. The van der Waals surface area contributed by atoms with E-state index in [9.17, 15) is 9.59 Å². The highest BCUT2D eigenvalue weighted by Crippen LogP contribution is 2.63. The number of nitrogens with zero attached hydrogens (tertiary/aromatic N) is 4. The molecule has 1 N–H and O–H groups in total. The van der Waals surface area contributed by atoms with Gasteiger partial charge in [0.25, 0.3) is 0 Å². The first-order valence-electron chi connectivity index (χ1n) is 11.0. The van der Waals surface area contributed by atoms with Crippen LogP contribution in [0, 0.1) is 17.3 Å². The van der Waals surface area contributed by atoms with Crippen molar-refractivity contribution in [2.75, 3.05) is 19.7 Å². The van der Waals surface area contributed by atoms with Crippen LogP contribution in [-0.2, 0) is 27.4 Å². The Morgan fingerprint density at radius 3 is 2.78 bits per heavy atom. The van der Waals surface area contributed by atoms with Gasteiger partial charge in [-0.2, -0.15) is 0 Å². The number of carbonyl (C=O) groups excluding carboxylic acids is 2. The van der Waals surface area contributed by atoms with Gasteiger partial charge in [0.15, 0.2) is 0 Å². The standard InChI is InChI=1S/C23H25N5O3S/c1-23(2)17-18(23)22(30)28(21(17)29)12-14-9-16-19(32-14)15(3-4-25-16)20-26-5-7-27(20)11-13-10-24-6-8-31-13/h3-5,7,9,13,17-18,24H,6,8,10-12H2,1-2H3. The number of thiophene rings is 1. The zero-order valence-corrected chi connectivity index (χ0v) is 18.9. The number of imide groups is 1. The quantitative estimate of drug-likeness (QED) is 0.599. The number of hydrogen-bond donors (Lipinski definition) is 1. The number of rotatable bonds is 5. The molecule has 0 spiro atoms. The molecular formula is C23H25N5O3S. The zero-order chi connectivity index (χ0) is 22.0. The average Bonchev–Trinajstić information content (AvgIpc) is 3.18. The monoisotopic (exact) mass is 451 g/mol. The second-order valence-corrected chi connectivity index (χ2v) is 10.6. The van der Waals surface area contributed by atoms with Gasteiger partial charge < -0.3 is 14.6 Å². The minimum Gasteiger partial charge on any atom is -0.374 e. The van der Waals surface area contributed by atoms with E-state index in [1.54, 1.807) is 17.5 Å². The third-order valence-corrected chi connectivity index (χ3v) is 8.17. The van der Waals surface area contributed by atoms with Crippen molar-refractivity contribution >= 4 is 33.4 Å². The molecule has 5 heterocycles. The predicted molar refractivity (Wildman–Crippen MR) is 120 cm³/mol. The molecule has 2 amide bonds. The van der Waals surface area contributed by atoms with Crippen LogP contribution >= 0.6 is 11.3 Å². The lowest BCUT2D eigenvalue weighted by Crippen LogP contribution is -2.40. The zero-order valence-electron chi connectivity index (χ0n) is 18.1. The molecule has 9 heteroatoms. The minimum atomic E-state index is -0.186. The van der Waals surface area contributed by atoms with Gasteiger partial charge in [-0.15, -0.1) is 11.3 Å². The molecule has 8 nitrogen and oxygen atoms in total. The Morgan fingerprint density at radius 1 is 1.22 bits per heavy atom. The number of likely N-dealkylation sites (tertiary alicyclic amines) is 1. The topological polar surface area (TPSA) is 89.3 Å². The molecule has 3 aromatic heterocycles. The van der Waals surface area contributed by atoms with Crippen LogP contribution in [0.3, 0.4) is 0 Å². The van der Waals surface area contributed by atoms with Crippen LogP contribution < -0.4 is 5.32 Å². The van der Waals surface area contributed by atoms with E-state index in [-0.39, 0.29) is 35.2 Å². The van der Waals surface area contributed by atoms with E-state index in [0.29, 0.717) is 6.54 Å². The summed E-state index contributed by atoms with van der Waals surface area (Å²) in [5, 5.41) is 3.37. The molecule has 32 heavy (non-hydrogen) atoms. The van der Waals surface area contributed by atoms with Crippen molar-refractivity contribution in [3.8, 4) is 11.4 Å². The Labute approximate surface area is 189 Å². The molecule has 166 valence electrons. The fourth-order valence-corrected chi connectivity index (χ4v) is 6.33. The Hall–Kier alpha value is -2.62. The molecular weight excluding hydrogens is 426 g/mol. The number of hydrogen-bond acceptors (Lipinski definition) is 7. The fraction of sp³-hybridized carbons (Fsp3) is 0.478.